The molecular weight excluding hydrogens is 695 g/mol. The molecule has 0 aliphatic heterocycles. The quantitative estimate of drug-likeness (QED) is 0.0282. The molecule has 320 valence electrons. The van der Waals surface area contributed by atoms with Gasteiger partial charge in [0.2, 0.25) is 5.91 Å². The maximum atomic E-state index is 12.6. The molecule has 55 heavy (non-hydrogen) atoms. The predicted molar refractivity (Wildman–Crippen MR) is 225 cm³/mol. The van der Waals surface area contributed by atoms with Gasteiger partial charge in [0.15, 0.2) is 6.10 Å². The highest BCUT2D eigenvalue weighted by Crippen LogP contribution is 2.12. The number of rotatable bonds is 41. The van der Waals surface area contributed by atoms with Crippen molar-refractivity contribution in [1.82, 2.24) is 5.32 Å². The first-order chi connectivity index (χ1) is 26.9. The van der Waals surface area contributed by atoms with Crippen LogP contribution in [-0.4, -0.2) is 63.4 Å². The molecule has 1 N–H and O–H groups in total. The number of esters is 3. The molecule has 0 bridgehead atoms. The Morgan fingerprint density at radius 3 is 1.38 bits per heavy atom. The molecule has 0 aliphatic rings. The number of unbranched alkanes of at least 4 members (excludes halogenated alkanes) is 22. The minimum atomic E-state index is -0.842. The van der Waals surface area contributed by atoms with Crippen molar-refractivity contribution in [3.63, 3.8) is 0 Å². The number of hydrogen-bond acceptors (Lipinski definition) is 8. The summed E-state index contributed by atoms with van der Waals surface area (Å²) in [5, 5.41) is 2.83. The van der Waals surface area contributed by atoms with Crippen molar-refractivity contribution in [3.8, 4) is 0 Å². The molecule has 0 saturated heterocycles. The molecular formula is C46H83NO8. The van der Waals surface area contributed by atoms with E-state index in [4.69, 9.17) is 18.9 Å². The first-order valence-electron chi connectivity index (χ1n) is 22.5. The summed E-state index contributed by atoms with van der Waals surface area (Å²) in [4.78, 5) is 49.4. The van der Waals surface area contributed by atoms with Gasteiger partial charge in [-0.05, 0) is 64.2 Å². The monoisotopic (exact) mass is 778 g/mol. The summed E-state index contributed by atoms with van der Waals surface area (Å²) in [7, 11) is 1.51. The Morgan fingerprint density at radius 2 is 0.891 bits per heavy atom. The number of carbonyl (C=O) groups excluding carboxylic acids is 4. The van der Waals surface area contributed by atoms with Crippen LogP contribution < -0.4 is 5.32 Å². The van der Waals surface area contributed by atoms with E-state index in [0.717, 1.165) is 64.2 Å². The maximum Gasteiger partial charge on any atom is 0.306 e. The highest BCUT2D eigenvalue weighted by Gasteiger charge is 2.19. The zero-order valence-corrected chi connectivity index (χ0v) is 35.7. The van der Waals surface area contributed by atoms with E-state index < -0.39 is 18.0 Å². The lowest BCUT2D eigenvalue weighted by molar-refractivity contribution is -0.160. The molecule has 1 unspecified atom stereocenters. The molecule has 0 saturated carbocycles. The molecule has 9 nitrogen and oxygen atoms in total. The Hall–Kier alpha value is -2.68. The van der Waals surface area contributed by atoms with E-state index in [2.05, 4.69) is 43.5 Å². The smallest absolute Gasteiger partial charge is 0.306 e. The average molecular weight is 778 g/mol. The van der Waals surface area contributed by atoms with Crippen LogP contribution in [-0.2, 0) is 38.1 Å². The lowest BCUT2D eigenvalue weighted by atomic mass is 10.1. The topological polar surface area (TPSA) is 117 Å². The molecule has 0 aromatic rings. The fraction of sp³-hybridized carbons (Fsp3) is 0.826. The van der Waals surface area contributed by atoms with Gasteiger partial charge in [-0.1, -0.05) is 141 Å². The van der Waals surface area contributed by atoms with E-state index in [0.29, 0.717) is 12.8 Å². The first-order valence-corrected chi connectivity index (χ1v) is 22.5. The normalized spacial score (nSPS) is 12.0. The van der Waals surface area contributed by atoms with Crippen molar-refractivity contribution in [3.05, 3.63) is 24.3 Å². The van der Waals surface area contributed by atoms with E-state index in [1.165, 1.54) is 110 Å². The fourth-order valence-electron chi connectivity index (χ4n) is 6.17. The van der Waals surface area contributed by atoms with Crippen molar-refractivity contribution < 1.29 is 38.1 Å². The SMILES string of the molecule is CCCCCCCCC/C=C\CCCCCCC(=O)NCC(COC(=O)CCCCCC/C=C\CCCCCCCCC)OC(=O)CCC(=O)OCCOC. The molecule has 0 radical (unpaired) electrons. The van der Waals surface area contributed by atoms with Crippen molar-refractivity contribution in [2.45, 2.75) is 213 Å². The van der Waals surface area contributed by atoms with E-state index >= 15 is 0 Å². The maximum absolute atomic E-state index is 12.6. The molecule has 0 fully saturated rings. The second kappa shape index (κ2) is 42.5. The highest BCUT2D eigenvalue weighted by molar-refractivity contribution is 5.78. The third kappa shape index (κ3) is 40.8. The standard InChI is InChI=1S/C46H83NO8/c1-4-6-8-10-12-14-16-18-20-22-24-26-28-30-32-34-43(48)47-40-42(55-46(51)37-36-45(50)53-39-38-52-3)41-54-44(49)35-33-31-29-27-25-23-21-19-17-15-13-11-9-7-5-2/h20-23,42H,4-19,24-41H2,1-3H3,(H,47,48)/b22-20-,23-21-. The van der Waals surface area contributed by atoms with Gasteiger partial charge in [-0.3, -0.25) is 19.2 Å². The van der Waals surface area contributed by atoms with E-state index in [1.807, 2.05) is 0 Å². The van der Waals surface area contributed by atoms with Gasteiger partial charge in [-0.25, -0.2) is 0 Å². The molecule has 0 aromatic heterocycles. The first kappa shape index (κ1) is 52.3. The lowest BCUT2D eigenvalue weighted by Crippen LogP contribution is -2.38. The molecule has 0 rings (SSSR count). The summed E-state index contributed by atoms with van der Waals surface area (Å²) < 4.78 is 20.8. The van der Waals surface area contributed by atoms with E-state index in [-0.39, 0.29) is 51.1 Å². The minimum absolute atomic E-state index is 0.0339. The second-order valence-corrected chi connectivity index (χ2v) is 15.0. The van der Waals surface area contributed by atoms with Crippen molar-refractivity contribution >= 4 is 23.8 Å². The van der Waals surface area contributed by atoms with Crippen LogP contribution in [0.2, 0.25) is 0 Å². The molecule has 1 atom stereocenters. The number of nitrogens with one attached hydrogen (secondary N) is 1. The molecule has 0 aliphatic carbocycles. The zero-order chi connectivity index (χ0) is 40.3. The van der Waals surface area contributed by atoms with Crippen LogP contribution in [0.1, 0.15) is 206 Å². The van der Waals surface area contributed by atoms with Gasteiger partial charge in [-0.15, -0.1) is 0 Å². The molecule has 0 spiro atoms. The summed E-state index contributed by atoms with van der Waals surface area (Å²) >= 11 is 0. The van der Waals surface area contributed by atoms with Gasteiger partial charge in [0.1, 0.15) is 13.2 Å². The molecule has 1 amide bonds. The Bertz CT molecular complexity index is 910. The summed E-state index contributed by atoms with van der Waals surface area (Å²) in [6.07, 6.45) is 39.7. The van der Waals surface area contributed by atoms with Gasteiger partial charge in [0.25, 0.3) is 0 Å². The molecule has 0 aromatic carbocycles. The molecule has 0 heterocycles. The van der Waals surface area contributed by atoms with Crippen molar-refractivity contribution in [2.24, 2.45) is 0 Å². The number of hydrogen-bond donors (Lipinski definition) is 1. The summed E-state index contributed by atoms with van der Waals surface area (Å²) in [5.41, 5.74) is 0. The van der Waals surface area contributed by atoms with Crippen molar-refractivity contribution in [1.29, 1.82) is 0 Å². The number of amides is 1. The largest absolute Gasteiger partial charge is 0.463 e. The van der Waals surface area contributed by atoms with Crippen LogP contribution in [0, 0.1) is 0 Å². The second-order valence-electron chi connectivity index (χ2n) is 15.0. The number of methoxy groups -OCH3 is 1. The van der Waals surface area contributed by atoms with Gasteiger partial charge in [-0.2, -0.15) is 0 Å². The third-order valence-electron chi connectivity index (χ3n) is 9.65. The lowest BCUT2D eigenvalue weighted by Gasteiger charge is -2.19. The summed E-state index contributed by atoms with van der Waals surface area (Å²) in [6.45, 7) is 4.77. The summed E-state index contributed by atoms with van der Waals surface area (Å²) in [5.74, 6) is -1.62. The predicted octanol–water partition coefficient (Wildman–Crippen LogP) is 11.6. The van der Waals surface area contributed by atoms with Crippen LogP contribution in [0.4, 0.5) is 0 Å². The Kier molecular flexibility index (Phi) is 40.4. The zero-order valence-electron chi connectivity index (χ0n) is 35.7. The van der Waals surface area contributed by atoms with Gasteiger partial charge in [0.05, 0.1) is 26.0 Å². The average Bonchev–Trinajstić information content (AvgIpc) is 3.18. The van der Waals surface area contributed by atoms with E-state index in [9.17, 15) is 19.2 Å². The van der Waals surface area contributed by atoms with Crippen LogP contribution in [0.5, 0.6) is 0 Å². The van der Waals surface area contributed by atoms with Crippen LogP contribution in [0.15, 0.2) is 24.3 Å². The Labute approximate surface area is 336 Å². The van der Waals surface area contributed by atoms with Crippen LogP contribution >= 0.6 is 0 Å². The van der Waals surface area contributed by atoms with Crippen molar-refractivity contribution in [2.75, 3.05) is 33.5 Å². The van der Waals surface area contributed by atoms with Crippen LogP contribution in [0.25, 0.3) is 0 Å². The van der Waals surface area contributed by atoms with Gasteiger partial charge in [0, 0.05) is 20.0 Å². The Balaban J connectivity index is 4.32. The van der Waals surface area contributed by atoms with Gasteiger partial charge < -0.3 is 24.3 Å². The van der Waals surface area contributed by atoms with Gasteiger partial charge >= 0.3 is 17.9 Å². The Morgan fingerprint density at radius 1 is 0.473 bits per heavy atom. The third-order valence-corrected chi connectivity index (χ3v) is 9.65. The van der Waals surface area contributed by atoms with E-state index in [1.54, 1.807) is 0 Å². The number of carbonyl (C=O) groups is 4. The minimum Gasteiger partial charge on any atom is -0.463 e. The van der Waals surface area contributed by atoms with Crippen LogP contribution in [0.3, 0.4) is 0 Å². The molecule has 9 heteroatoms. The highest BCUT2D eigenvalue weighted by atomic mass is 16.6. The number of allylic oxidation sites excluding steroid dienone is 4. The number of ether oxygens (including phenoxy) is 4. The summed E-state index contributed by atoms with van der Waals surface area (Å²) in [6, 6.07) is 0. The fourth-order valence-corrected chi connectivity index (χ4v) is 6.17.